The van der Waals surface area contributed by atoms with E-state index in [9.17, 15) is 9.90 Å². The van der Waals surface area contributed by atoms with Crippen molar-refractivity contribution < 1.29 is 15.0 Å². The molecule has 0 aliphatic rings. The van der Waals surface area contributed by atoms with Crippen molar-refractivity contribution in [1.29, 1.82) is 0 Å². The van der Waals surface area contributed by atoms with Crippen LogP contribution in [-0.4, -0.2) is 16.0 Å². The predicted molar refractivity (Wildman–Crippen MR) is 72.2 cm³/mol. The molecule has 0 unspecified atom stereocenters. The van der Waals surface area contributed by atoms with Gasteiger partial charge in [0.25, 0.3) is 0 Å². The van der Waals surface area contributed by atoms with Crippen LogP contribution in [-0.2, 0) is 0 Å². The highest BCUT2D eigenvalue weighted by molar-refractivity contribution is 7.12. The Labute approximate surface area is 109 Å². The molecular formula is C14H12O3S. The summed E-state index contributed by atoms with van der Waals surface area (Å²) in [5.74, 6) is -0.576. The van der Waals surface area contributed by atoms with E-state index in [0.29, 0.717) is 0 Å². The smallest absolute Gasteiger partial charge is 0.189 e. The molecule has 2 aromatic rings. The molecule has 0 radical (unpaired) electrons. The summed E-state index contributed by atoms with van der Waals surface area (Å²) in [5.41, 5.74) is 0.178. The van der Waals surface area contributed by atoms with Crippen LogP contribution in [0.2, 0.25) is 0 Å². The minimum absolute atomic E-state index is 0.0677. The number of hydrogen-bond donors (Lipinski definition) is 2. The molecular weight excluding hydrogens is 248 g/mol. The Morgan fingerprint density at radius 3 is 2.61 bits per heavy atom. The maximum atomic E-state index is 11.8. The average Bonchev–Trinajstić information content (AvgIpc) is 2.72. The van der Waals surface area contributed by atoms with Crippen molar-refractivity contribution in [3.8, 4) is 11.5 Å². The van der Waals surface area contributed by atoms with Crippen LogP contribution in [0.25, 0.3) is 6.08 Å². The Morgan fingerprint density at radius 2 is 2.00 bits per heavy atom. The van der Waals surface area contributed by atoms with Gasteiger partial charge in [0.2, 0.25) is 0 Å². The van der Waals surface area contributed by atoms with Crippen molar-refractivity contribution in [2.24, 2.45) is 0 Å². The molecule has 1 aromatic heterocycles. The Morgan fingerprint density at radius 1 is 1.22 bits per heavy atom. The van der Waals surface area contributed by atoms with E-state index < -0.39 is 0 Å². The highest BCUT2D eigenvalue weighted by atomic mass is 32.1. The van der Waals surface area contributed by atoms with Crippen LogP contribution >= 0.6 is 11.3 Å². The highest BCUT2D eigenvalue weighted by Gasteiger charge is 2.08. The molecule has 4 heteroatoms. The topological polar surface area (TPSA) is 57.5 Å². The van der Waals surface area contributed by atoms with Crippen molar-refractivity contribution in [3.63, 3.8) is 0 Å². The standard InChI is InChI=1S/C14H12O3S/c1-9-2-4-11(18-9)5-7-13(16)12-6-3-10(15)8-14(12)17/h2-8,15,17H,1H3/b7-5+. The van der Waals surface area contributed by atoms with Crippen molar-refractivity contribution in [1.82, 2.24) is 0 Å². The quantitative estimate of drug-likeness (QED) is 0.657. The number of benzene rings is 1. The molecule has 3 nitrogen and oxygen atoms in total. The van der Waals surface area contributed by atoms with Crippen molar-refractivity contribution >= 4 is 23.2 Å². The molecule has 2 N–H and O–H groups in total. The molecule has 0 bridgehead atoms. The molecule has 92 valence electrons. The van der Waals surface area contributed by atoms with Gasteiger partial charge in [0.15, 0.2) is 5.78 Å². The lowest BCUT2D eigenvalue weighted by Gasteiger charge is -2.00. The second kappa shape index (κ2) is 5.06. The SMILES string of the molecule is Cc1ccc(/C=C/C(=O)c2ccc(O)cc2O)s1. The molecule has 1 aromatic carbocycles. The van der Waals surface area contributed by atoms with E-state index in [4.69, 9.17) is 5.11 Å². The largest absolute Gasteiger partial charge is 0.508 e. The summed E-state index contributed by atoms with van der Waals surface area (Å²) < 4.78 is 0. The maximum Gasteiger partial charge on any atom is 0.189 e. The number of carbonyl (C=O) groups is 1. The van der Waals surface area contributed by atoms with Crippen LogP contribution in [0.1, 0.15) is 20.1 Å². The first-order valence-corrected chi connectivity index (χ1v) is 6.19. The van der Waals surface area contributed by atoms with Gasteiger partial charge in [-0.3, -0.25) is 4.79 Å². The molecule has 0 saturated carbocycles. The molecule has 18 heavy (non-hydrogen) atoms. The molecule has 1 heterocycles. The molecule has 0 atom stereocenters. The molecule has 0 aliphatic carbocycles. The first-order chi connectivity index (χ1) is 8.56. The summed E-state index contributed by atoms with van der Waals surface area (Å²) in [6, 6.07) is 7.83. The van der Waals surface area contributed by atoms with E-state index >= 15 is 0 Å². The minimum atomic E-state index is -0.293. The Balaban J connectivity index is 2.19. The molecule has 2 rings (SSSR count). The van der Waals surface area contributed by atoms with E-state index in [1.54, 1.807) is 17.4 Å². The zero-order valence-electron chi connectivity index (χ0n) is 9.75. The number of allylic oxidation sites excluding steroid dienone is 1. The summed E-state index contributed by atoms with van der Waals surface area (Å²) >= 11 is 1.59. The van der Waals surface area contributed by atoms with Crippen LogP contribution in [0, 0.1) is 6.92 Å². The lowest BCUT2D eigenvalue weighted by Crippen LogP contribution is -1.94. The third kappa shape index (κ3) is 2.78. The van der Waals surface area contributed by atoms with Gasteiger partial charge in [0, 0.05) is 15.8 Å². The first-order valence-electron chi connectivity index (χ1n) is 5.37. The Bertz CT molecular complexity index is 611. The van der Waals surface area contributed by atoms with Crippen LogP contribution < -0.4 is 0 Å². The van der Waals surface area contributed by atoms with Gasteiger partial charge in [-0.15, -0.1) is 11.3 Å². The third-order valence-electron chi connectivity index (χ3n) is 2.41. The predicted octanol–water partition coefficient (Wildman–Crippen LogP) is 3.36. The van der Waals surface area contributed by atoms with E-state index in [0.717, 1.165) is 10.9 Å². The minimum Gasteiger partial charge on any atom is -0.508 e. The summed E-state index contributed by atoms with van der Waals surface area (Å²) in [4.78, 5) is 14.0. The van der Waals surface area contributed by atoms with Crippen molar-refractivity contribution in [2.45, 2.75) is 6.92 Å². The van der Waals surface area contributed by atoms with Gasteiger partial charge in [-0.1, -0.05) is 0 Å². The Hall–Kier alpha value is -2.07. The first kappa shape index (κ1) is 12.4. The van der Waals surface area contributed by atoms with Gasteiger partial charge in [-0.05, 0) is 43.3 Å². The monoisotopic (exact) mass is 260 g/mol. The molecule has 0 saturated heterocycles. The van der Waals surface area contributed by atoms with Crippen LogP contribution in [0.15, 0.2) is 36.4 Å². The van der Waals surface area contributed by atoms with E-state index in [2.05, 4.69) is 0 Å². The van der Waals surface area contributed by atoms with Crippen molar-refractivity contribution in [2.75, 3.05) is 0 Å². The van der Waals surface area contributed by atoms with E-state index in [1.165, 1.54) is 23.1 Å². The van der Waals surface area contributed by atoms with Gasteiger partial charge in [-0.25, -0.2) is 0 Å². The third-order valence-corrected chi connectivity index (χ3v) is 3.37. The fraction of sp³-hybridized carbons (Fsp3) is 0.0714. The van der Waals surface area contributed by atoms with Crippen molar-refractivity contribution in [3.05, 3.63) is 51.7 Å². The molecule has 0 fully saturated rings. The number of phenols is 2. The number of aromatic hydroxyl groups is 2. The average molecular weight is 260 g/mol. The lowest BCUT2D eigenvalue weighted by atomic mass is 10.1. The number of ketones is 1. The molecule has 0 amide bonds. The number of rotatable bonds is 3. The number of thiophene rings is 1. The van der Waals surface area contributed by atoms with Gasteiger partial charge < -0.3 is 10.2 Å². The van der Waals surface area contributed by atoms with Gasteiger partial charge in [0.05, 0.1) is 5.56 Å². The lowest BCUT2D eigenvalue weighted by molar-refractivity contribution is 0.104. The van der Waals surface area contributed by atoms with Gasteiger partial charge >= 0.3 is 0 Å². The number of aryl methyl sites for hydroxylation is 1. The number of phenolic OH excluding ortho intramolecular Hbond substituents is 2. The van der Waals surface area contributed by atoms with Crippen LogP contribution in [0.3, 0.4) is 0 Å². The highest BCUT2D eigenvalue weighted by Crippen LogP contribution is 2.24. The number of hydrogen-bond acceptors (Lipinski definition) is 4. The van der Waals surface area contributed by atoms with Gasteiger partial charge in [-0.2, -0.15) is 0 Å². The molecule has 0 spiro atoms. The number of carbonyl (C=O) groups excluding carboxylic acids is 1. The normalized spacial score (nSPS) is 10.9. The zero-order valence-corrected chi connectivity index (χ0v) is 10.6. The fourth-order valence-electron chi connectivity index (χ4n) is 1.52. The zero-order chi connectivity index (χ0) is 13.1. The van der Waals surface area contributed by atoms with Crippen LogP contribution in [0.4, 0.5) is 0 Å². The van der Waals surface area contributed by atoms with E-state index in [-0.39, 0.29) is 22.8 Å². The second-order valence-corrected chi connectivity index (χ2v) is 5.17. The summed E-state index contributed by atoms with van der Waals surface area (Å²) in [5, 5.41) is 18.7. The second-order valence-electron chi connectivity index (χ2n) is 3.85. The van der Waals surface area contributed by atoms with Crippen LogP contribution in [0.5, 0.6) is 11.5 Å². The fourth-order valence-corrected chi connectivity index (χ4v) is 2.30. The maximum absolute atomic E-state index is 11.8. The van der Waals surface area contributed by atoms with E-state index in [1.807, 2.05) is 19.1 Å². The summed E-state index contributed by atoms with van der Waals surface area (Å²) in [6.07, 6.45) is 3.13. The summed E-state index contributed by atoms with van der Waals surface area (Å²) in [7, 11) is 0. The summed E-state index contributed by atoms with van der Waals surface area (Å²) in [6.45, 7) is 2.00. The Kier molecular flexibility index (Phi) is 3.48. The molecule has 0 aliphatic heterocycles. The van der Waals surface area contributed by atoms with Gasteiger partial charge in [0.1, 0.15) is 11.5 Å².